The maximum absolute atomic E-state index is 0. The van der Waals surface area contributed by atoms with Gasteiger partial charge in [0, 0.05) is 37.3 Å². The van der Waals surface area contributed by atoms with E-state index in [1.165, 1.54) is 0 Å². The Balaban J connectivity index is 0. The van der Waals surface area contributed by atoms with Gasteiger partial charge in [0.05, 0.1) is 0 Å². The van der Waals surface area contributed by atoms with Gasteiger partial charge in [-0.3, -0.25) is 0 Å². The fraction of sp³-hybridized carbons (Fsp3) is 0. The summed E-state index contributed by atoms with van der Waals surface area (Å²) in [5.74, 6) is 0. The molecule has 7 heavy (non-hydrogen) atoms. The van der Waals surface area contributed by atoms with Crippen molar-refractivity contribution < 1.29 is 70.2 Å². The molecule has 0 saturated heterocycles. The van der Waals surface area contributed by atoms with Gasteiger partial charge in [0.2, 0.25) is 0 Å². The predicted molar refractivity (Wildman–Crippen MR) is 21.7 cm³/mol. The third kappa shape index (κ3) is 173. The number of hydrogen-bond acceptors (Lipinski definition) is 0. The quantitative estimate of drug-likeness (QED) is 0.409. The molecule has 6 nitrogen and oxygen atoms in total. The molecule has 0 spiro atoms. The van der Waals surface area contributed by atoms with Crippen molar-refractivity contribution in [1.82, 2.24) is 0 Å². The first-order valence-corrected chi connectivity index (χ1v) is 0. The summed E-state index contributed by atoms with van der Waals surface area (Å²) in [5, 5.41) is 0. The van der Waals surface area contributed by atoms with E-state index in [2.05, 4.69) is 0 Å². The Morgan fingerprint density at radius 1 is 0.286 bits per heavy atom. The summed E-state index contributed by atoms with van der Waals surface area (Å²) >= 11 is 0. The van der Waals surface area contributed by atoms with Gasteiger partial charge in [-0.15, -0.1) is 0 Å². The van der Waals surface area contributed by atoms with E-state index >= 15 is 0 Å². The monoisotopic (exact) mass is 274 g/mol. The van der Waals surface area contributed by atoms with Crippen LogP contribution in [-0.2, 0) is 0 Å². The molecule has 0 aliphatic heterocycles. The second-order valence-electron chi connectivity index (χ2n) is 0. The van der Waals surface area contributed by atoms with Crippen LogP contribution in [0.4, 0.5) is 0 Å². The van der Waals surface area contributed by atoms with E-state index in [4.69, 9.17) is 0 Å². The Kier molecular flexibility index (Phi) is 13800. The second kappa shape index (κ2) is 249. The summed E-state index contributed by atoms with van der Waals surface area (Å²) in [6, 6.07) is 0. The first-order valence-electron chi connectivity index (χ1n) is 0. The minimum Gasteiger partial charge on any atom is -0.412 e. The average molecular weight is 275 g/mol. The van der Waals surface area contributed by atoms with E-state index < -0.39 is 0 Å². The molecule has 0 aromatic carbocycles. The van der Waals surface area contributed by atoms with Crippen molar-refractivity contribution in [3.05, 3.63) is 0 Å². The smallest absolute Gasteiger partial charge is 0 e. The molecule has 0 bridgehead atoms. The number of rotatable bonds is 0. The van der Waals surface area contributed by atoms with Crippen LogP contribution in [0.1, 0.15) is 0 Å². The molecular weight excluding hydrogens is 263 g/mol. The molecule has 0 aromatic heterocycles. The van der Waals surface area contributed by atoms with E-state index in [0.29, 0.717) is 0 Å². The summed E-state index contributed by atoms with van der Waals surface area (Å²) < 4.78 is 0. The third-order valence-electron chi connectivity index (χ3n) is 0. The van der Waals surface area contributed by atoms with Crippen molar-refractivity contribution in [2.45, 2.75) is 0 Å². The molecule has 7 heteroatoms. The molecule has 12 N–H and O–H groups in total. The van der Waals surface area contributed by atoms with Crippen LogP contribution in [0.15, 0.2) is 0 Å². The topological polar surface area (TPSA) is 189 Å². The van der Waals surface area contributed by atoms with E-state index in [-0.39, 0.29) is 70.2 Å². The van der Waals surface area contributed by atoms with E-state index in [9.17, 15) is 0 Å². The van der Waals surface area contributed by atoms with Crippen molar-refractivity contribution in [2.75, 3.05) is 0 Å². The summed E-state index contributed by atoms with van der Waals surface area (Å²) in [6.45, 7) is 0. The van der Waals surface area contributed by atoms with Crippen molar-refractivity contribution >= 4 is 0 Å². The van der Waals surface area contributed by atoms with Gasteiger partial charge in [0.15, 0.2) is 0 Å². The molecule has 0 aromatic rings. The van der Waals surface area contributed by atoms with Gasteiger partial charge >= 0.3 is 0 Å². The zero-order valence-corrected chi connectivity index (χ0v) is 5.14. The molecule has 0 atom stereocenters. The Hall–Kier alpha value is 1.01. The van der Waals surface area contributed by atoms with Gasteiger partial charge in [-0.05, 0) is 0 Å². The largest absolute Gasteiger partial charge is 0.412 e. The van der Waals surface area contributed by atoms with Crippen LogP contribution in [0.2, 0.25) is 0 Å². The van der Waals surface area contributed by atoms with E-state index in [0.717, 1.165) is 0 Å². The van der Waals surface area contributed by atoms with Crippen LogP contribution in [0.5, 0.6) is 0 Å². The molecule has 0 amide bonds. The Morgan fingerprint density at radius 2 is 0.286 bits per heavy atom. The Labute approximate surface area is 70.0 Å². The van der Waals surface area contributed by atoms with Crippen LogP contribution < -0.4 is 0 Å². The van der Waals surface area contributed by atoms with Gasteiger partial charge < -0.3 is 32.9 Å². The first kappa shape index (κ1) is 388. The molecule has 60 valence electrons. The van der Waals surface area contributed by atoms with E-state index in [1.807, 2.05) is 0 Å². The van der Waals surface area contributed by atoms with Gasteiger partial charge in [-0.25, -0.2) is 0 Å². The fourth-order valence-electron chi connectivity index (χ4n) is 0. The van der Waals surface area contributed by atoms with Crippen molar-refractivity contribution in [3.63, 3.8) is 0 Å². The normalized spacial score (nSPS) is 0. The Bertz CT molecular complexity index is 4.14. The standard InChI is InChI=1S/Er.6H2O/h;6*1H2. The molecule has 0 rings (SSSR count). The third-order valence-corrected chi connectivity index (χ3v) is 0. The molecule has 0 unspecified atom stereocenters. The van der Waals surface area contributed by atoms with Crippen molar-refractivity contribution in [2.24, 2.45) is 0 Å². The molecule has 0 heterocycles. The van der Waals surface area contributed by atoms with Gasteiger partial charge in [-0.1, -0.05) is 0 Å². The van der Waals surface area contributed by atoms with Gasteiger partial charge in [-0.2, -0.15) is 0 Å². The summed E-state index contributed by atoms with van der Waals surface area (Å²) in [7, 11) is 0. The average Bonchev–Trinajstić information content (AvgIpc) is 0. The van der Waals surface area contributed by atoms with Gasteiger partial charge in [0.1, 0.15) is 0 Å². The van der Waals surface area contributed by atoms with Crippen LogP contribution in [0.3, 0.4) is 0 Å². The maximum Gasteiger partial charge on any atom is 0 e. The molecule has 0 saturated carbocycles. The molecular formula is H12ErO6. The second-order valence-corrected chi connectivity index (χ2v) is 0. The first-order chi connectivity index (χ1) is 0. The molecule has 0 aliphatic carbocycles. The predicted octanol–water partition coefficient (Wildman–Crippen LogP) is -4.95. The van der Waals surface area contributed by atoms with Crippen LogP contribution in [0, 0.1) is 37.3 Å². The van der Waals surface area contributed by atoms with E-state index in [1.54, 1.807) is 0 Å². The molecule has 0 radical (unpaired) electrons. The SMILES string of the molecule is O.O.O.O.O.O.[Er]. The van der Waals surface area contributed by atoms with Gasteiger partial charge in [0.25, 0.3) is 0 Å². The number of hydrogen-bond donors (Lipinski definition) is 0. The fourth-order valence-corrected chi connectivity index (χ4v) is 0. The van der Waals surface area contributed by atoms with Crippen molar-refractivity contribution in [1.29, 1.82) is 0 Å². The molecule has 0 aliphatic rings. The maximum atomic E-state index is 0. The zero-order chi connectivity index (χ0) is 0. The van der Waals surface area contributed by atoms with Crippen molar-refractivity contribution in [3.8, 4) is 0 Å². The summed E-state index contributed by atoms with van der Waals surface area (Å²) in [6.07, 6.45) is 0. The minimum absolute atomic E-state index is 0. The summed E-state index contributed by atoms with van der Waals surface area (Å²) in [4.78, 5) is 0. The van der Waals surface area contributed by atoms with Crippen LogP contribution in [0.25, 0.3) is 0 Å². The van der Waals surface area contributed by atoms with Crippen LogP contribution in [-0.4, -0.2) is 32.9 Å². The minimum atomic E-state index is 0. The Morgan fingerprint density at radius 3 is 0.286 bits per heavy atom. The zero-order valence-electron chi connectivity index (χ0n) is 3.29. The molecule has 0 fully saturated rings. The van der Waals surface area contributed by atoms with Crippen LogP contribution >= 0.6 is 0 Å². The summed E-state index contributed by atoms with van der Waals surface area (Å²) in [5.41, 5.74) is 0.